The summed E-state index contributed by atoms with van der Waals surface area (Å²) < 4.78 is 7.74. The molecule has 2 heterocycles. The highest BCUT2D eigenvalue weighted by atomic mass is 127. The molecular weight excluding hydrogens is 441 g/mol. The smallest absolute Gasteiger partial charge is 0.193 e. The molecule has 0 radical (unpaired) electrons. The first-order valence-electron chi connectivity index (χ1n) is 9.66. The van der Waals surface area contributed by atoms with Crippen LogP contribution < -0.4 is 5.32 Å². The number of aryl methyl sites for hydroxylation is 1. The van der Waals surface area contributed by atoms with E-state index in [4.69, 9.17) is 4.74 Å². The van der Waals surface area contributed by atoms with Crippen molar-refractivity contribution in [1.82, 2.24) is 20.0 Å². The number of rotatable bonds is 8. The van der Waals surface area contributed by atoms with Gasteiger partial charge in [-0.25, -0.2) is 0 Å². The second-order valence-corrected chi connectivity index (χ2v) is 7.32. The Bertz CT molecular complexity index is 532. The van der Waals surface area contributed by atoms with Crippen molar-refractivity contribution in [3.05, 3.63) is 18.0 Å². The average Bonchev–Trinajstić information content (AvgIpc) is 3.04. The normalized spacial score (nSPS) is 18.1. The standard InChI is InChI=1S/C19H35N5O.HI/c1-16(2)9-7-5-6-8-10-21-19(20-3)24-11-12-25-18(15-24)17-13-22-23(4)14-17;/h13-14,16,18H,5-12,15H2,1-4H3,(H,20,21);1H. The van der Waals surface area contributed by atoms with Crippen molar-refractivity contribution in [3.8, 4) is 0 Å². The van der Waals surface area contributed by atoms with Crippen LogP contribution in [0.15, 0.2) is 17.4 Å². The highest BCUT2D eigenvalue weighted by Crippen LogP contribution is 2.21. The van der Waals surface area contributed by atoms with Gasteiger partial charge in [0.1, 0.15) is 6.10 Å². The van der Waals surface area contributed by atoms with Crippen LogP contribution in [0.1, 0.15) is 57.6 Å². The van der Waals surface area contributed by atoms with Gasteiger partial charge in [-0.05, 0) is 12.3 Å². The molecular formula is C19H36IN5O. The maximum absolute atomic E-state index is 5.91. The Labute approximate surface area is 175 Å². The van der Waals surface area contributed by atoms with Gasteiger partial charge in [0, 0.05) is 38.9 Å². The fourth-order valence-electron chi connectivity index (χ4n) is 3.21. The maximum Gasteiger partial charge on any atom is 0.193 e. The van der Waals surface area contributed by atoms with Crippen molar-refractivity contribution >= 4 is 29.9 Å². The Hall–Kier alpha value is -0.830. The maximum atomic E-state index is 5.91. The fraction of sp³-hybridized carbons (Fsp3) is 0.789. The van der Waals surface area contributed by atoms with E-state index in [0.29, 0.717) is 0 Å². The second-order valence-electron chi connectivity index (χ2n) is 7.32. The monoisotopic (exact) mass is 477 g/mol. The van der Waals surface area contributed by atoms with Gasteiger partial charge in [0.05, 0.1) is 19.3 Å². The van der Waals surface area contributed by atoms with Crippen molar-refractivity contribution in [3.63, 3.8) is 0 Å². The lowest BCUT2D eigenvalue weighted by molar-refractivity contribution is -0.00802. The van der Waals surface area contributed by atoms with E-state index >= 15 is 0 Å². The van der Waals surface area contributed by atoms with E-state index < -0.39 is 0 Å². The Balaban J connectivity index is 0.00000338. The molecule has 26 heavy (non-hydrogen) atoms. The van der Waals surface area contributed by atoms with Crippen LogP contribution in [0.2, 0.25) is 0 Å². The van der Waals surface area contributed by atoms with Gasteiger partial charge < -0.3 is 15.0 Å². The Morgan fingerprint density at radius 1 is 1.35 bits per heavy atom. The first-order chi connectivity index (χ1) is 12.1. The number of hydrogen-bond donors (Lipinski definition) is 1. The van der Waals surface area contributed by atoms with Crippen LogP contribution in [0.5, 0.6) is 0 Å². The Morgan fingerprint density at radius 2 is 2.12 bits per heavy atom. The summed E-state index contributed by atoms with van der Waals surface area (Å²) in [6.07, 6.45) is 10.5. The third-order valence-electron chi connectivity index (χ3n) is 4.67. The molecule has 1 fully saturated rings. The lowest BCUT2D eigenvalue weighted by atomic mass is 10.0. The van der Waals surface area contributed by atoms with E-state index in [0.717, 1.165) is 43.7 Å². The first-order valence-corrected chi connectivity index (χ1v) is 9.66. The van der Waals surface area contributed by atoms with E-state index in [9.17, 15) is 0 Å². The van der Waals surface area contributed by atoms with Crippen LogP contribution in [0.4, 0.5) is 0 Å². The number of unbranched alkanes of at least 4 members (excludes halogenated alkanes) is 3. The van der Waals surface area contributed by atoms with Crippen LogP contribution in [0.25, 0.3) is 0 Å². The summed E-state index contributed by atoms with van der Waals surface area (Å²) in [5, 5.41) is 7.77. The number of guanidine groups is 1. The lowest BCUT2D eigenvalue weighted by Gasteiger charge is -2.34. The van der Waals surface area contributed by atoms with E-state index in [1.54, 1.807) is 0 Å². The van der Waals surface area contributed by atoms with E-state index in [-0.39, 0.29) is 30.1 Å². The number of aromatic nitrogens is 2. The number of nitrogens with one attached hydrogen (secondary N) is 1. The van der Waals surface area contributed by atoms with Crippen molar-refractivity contribution in [1.29, 1.82) is 0 Å². The van der Waals surface area contributed by atoms with Crippen molar-refractivity contribution in [2.45, 2.75) is 52.1 Å². The van der Waals surface area contributed by atoms with Crippen molar-refractivity contribution < 1.29 is 4.74 Å². The molecule has 0 aromatic carbocycles. The topological polar surface area (TPSA) is 54.7 Å². The number of nitrogens with zero attached hydrogens (tertiary/aromatic N) is 4. The Morgan fingerprint density at radius 3 is 2.77 bits per heavy atom. The number of hydrogen-bond acceptors (Lipinski definition) is 3. The molecule has 1 saturated heterocycles. The average molecular weight is 477 g/mol. The molecule has 1 aromatic rings. The van der Waals surface area contributed by atoms with Crippen LogP contribution in [0.3, 0.4) is 0 Å². The first kappa shape index (κ1) is 23.2. The lowest BCUT2D eigenvalue weighted by Crippen LogP contribution is -2.48. The molecule has 1 N–H and O–H groups in total. The van der Waals surface area contributed by atoms with Gasteiger partial charge >= 0.3 is 0 Å². The van der Waals surface area contributed by atoms with Crippen molar-refractivity contribution in [2.75, 3.05) is 33.3 Å². The number of halogens is 1. The third-order valence-corrected chi connectivity index (χ3v) is 4.67. The molecule has 0 saturated carbocycles. The predicted octanol–water partition coefficient (Wildman–Crippen LogP) is 3.59. The summed E-state index contributed by atoms with van der Waals surface area (Å²) in [4.78, 5) is 6.75. The van der Waals surface area contributed by atoms with Gasteiger partial charge in [-0.3, -0.25) is 9.67 Å². The minimum absolute atomic E-state index is 0. The van der Waals surface area contributed by atoms with E-state index in [1.807, 2.05) is 31.2 Å². The highest BCUT2D eigenvalue weighted by molar-refractivity contribution is 14.0. The summed E-state index contributed by atoms with van der Waals surface area (Å²) in [6, 6.07) is 0. The summed E-state index contributed by atoms with van der Waals surface area (Å²) >= 11 is 0. The number of ether oxygens (including phenoxy) is 1. The van der Waals surface area contributed by atoms with Gasteiger partial charge in [0.2, 0.25) is 0 Å². The summed E-state index contributed by atoms with van der Waals surface area (Å²) in [6.45, 7) is 8.00. The van der Waals surface area contributed by atoms with Crippen molar-refractivity contribution in [2.24, 2.45) is 18.0 Å². The van der Waals surface area contributed by atoms with Gasteiger partial charge in [0.25, 0.3) is 0 Å². The molecule has 0 spiro atoms. The molecule has 1 atom stereocenters. The molecule has 1 aromatic heterocycles. The highest BCUT2D eigenvalue weighted by Gasteiger charge is 2.24. The third kappa shape index (κ3) is 7.82. The largest absolute Gasteiger partial charge is 0.370 e. The van der Waals surface area contributed by atoms with Crippen LogP contribution in [-0.4, -0.2) is 53.9 Å². The molecule has 0 bridgehead atoms. The molecule has 6 nitrogen and oxygen atoms in total. The number of morpholine rings is 1. The molecule has 1 unspecified atom stereocenters. The molecule has 1 aliphatic rings. The molecule has 150 valence electrons. The van der Waals surface area contributed by atoms with E-state index in [2.05, 4.69) is 34.2 Å². The van der Waals surface area contributed by atoms with Crippen LogP contribution in [-0.2, 0) is 11.8 Å². The quantitative estimate of drug-likeness (QED) is 0.269. The summed E-state index contributed by atoms with van der Waals surface area (Å²) in [5.41, 5.74) is 1.13. The van der Waals surface area contributed by atoms with E-state index in [1.165, 1.54) is 32.1 Å². The van der Waals surface area contributed by atoms with Crippen LogP contribution in [0, 0.1) is 5.92 Å². The SMILES string of the molecule is CN=C(NCCCCCCC(C)C)N1CCOC(c2cnn(C)c2)C1.I. The Kier molecular flexibility index (Phi) is 11.2. The van der Waals surface area contributed by atoms with Gasteiger partial charge in [-0.2, -0.15) is 5.10 Å². The number of aliphatic imine (C=N–C) groups is 1. The molecule has 0 aliphatic carbocycles. The zero-order valence-electron chi connectivity index (χ0n) is 16.8. The van der Waals surface area contributed by atoms with Gasteiger partial charge in [-0.1, -0.05) is 39.5 Å². The zero-order valence-corrected chi connectivity index (χ0v) is 19.1. The van der Waals surface area contributed by atoms with Crippen LogP contribution >= 0.6 is 24.0 Å². The minimum atomic E-state index is 0. The molecule has 7 heteroatoms. The van der Waals surface area contributed by atoms with Gasteiger partial charge in [-0.15, -0.1) is 24.0 Å². The predicted molar refractivity (Wildman–Crippen MR) is 118 cm³/mol. The van der Waals surface area contributed by atoms with Gasteiger partial charge in [0.15, 0.2) is 5.96 Å². The summed E-state index contributed by atoms with van der Waals surface area (Å²) in [5.74, 6) is 1.81. The molecule has 1 aliphatic heterocycles. The second kappa shape index (κ2) is 12.5. The zero-order chi connectivity index (χ0) is 18.1. The minimum Gasteiger partial charge on any atom is -0.370 e. The fourth-order valence-corrected chi connectivity index (χ4v) is 3.21. The molecule has 2 rings (SSSR count). The molecule has 0 amide bonds. The summed E-state index contributed by atoms with van der Waals surface area (Å²) in [7, 11) is 3.80.